The van der Waals surface area contributed by atoms with Crippen LogP contribution in [0.3, 0.4) is 0 Å². The molecule has 0 aliphatic carbocycles. The number of nitrogens with one attached hydrogen (secondary N) is 2. The van der Waals surface area contributed by atoms with Gasteiger partial charge in [-0.2, -0.15) is 0 Å². The molecule has 182 valence electrons. The Morgan fingerprint density at radius 2 is 1.78 bits per heavy atom. The Morgan fingerprint density at radius 3 is 2.34 bits per heavy atom. The third-order valence-corrected chi connectivity index (χ3v) is 6.14. The van der Waals surface area contributed by atoms with Crippen molar-refractivity contribution in [3.05, 3.63) is 35.9 Å². The zero-order chi connectivity index (χ0) is 24.1. The summed E-state index contributed by atoms with van der Waals surface area (Å²) in [6, 6.07) is 8.62. The Labute approximate surface area is 192 Å². The predicted molar refractivity (Wildman–Crippen MR) is 126 cm³/mol. The molecule has 7 nitrogen and oxygen atoms in total. The summed E-state index contributed by atoms with van der Waals surface area (Å²) in [5.41, 5.74) is 1.14. The Balaban J connectivity index is 2.64. The van der Waals surface area contributed by atoms with Gasteiger partial charge >= 0.3 is 5.97 Å². The van der Waals surface area contributed by atoms with Crippen molar-refractivity contribution in [2.75, 3.05) is 13.2 Å². The van der Waals surface area contributed by atoms with E-state index in [1.807, 2.05) is 30.3 Å². The minimum Gasteiger partial charge on any atom is -0.481 e. The number of carbonyl (C=O) groups excluding carboxylic acids is 1. The molecule has 0 spiro atoms. The molecule has 4 atom stereocenters. The van der Waals surface area contributed by atoms with Gasteiger partial charge in [0.15, 0.2) is 0 Å². The van der Waals surface area contributed by atoms with E-state index in [0.717, 1.165) is 24.8 Å². The average molecular weight is 451 g/mol. The van der Waals surface area contributed by atoms with Crippen molar-refractivity contribution in [3.8, 4) is 0 Å². The third kappa shape index (κ3) is 10.6. The number of hydrogen-bond donors (Lipinski definition) is 5. The van der Waals surface area contributed by atoms with E-state index in [1.54, 1.807) is 6.92 Å². The first-order chi connectivity index (χ1) is 15.1. The van der Waals surface area contributed by atoms with Crippen molar-refractivity contribution in [2.24, 2.45) is 5.41 Å². The monoisotopic (exact) mass is 450 g/mol. The Morgan fingerprint density at radius 1 is 1.12 bits per heavy atom. The minimum atomic E-state index is -1.06. The fourth-order valence-corrected chi connectivity index (χ4v) is 3.88. The normalized spacial score (nSPS) is 15.6. The van der Waals surface area contributed by atoms with Crippen LogP contribution in [0.4, 0.5) is 0 Å². The molecule has 0 aliphatic rings. The summed E-state index contributed by atoms with van der Waals surface area (Å²) in [5, 5.41) is 34.8. The number of benzene rings is 1. The fraction of sp³-hybridized carbons (Fsp3) is 0.680. The third-order valence-electron chi connectivity index (χ3n) is 6.14. The number of hydrogen-bond acceptors (Lipinski definition) is 5. The first-order valence-corrected chi connectivity index (χ1v) is 11.7. The molecule has 32 heavy (non-hydrogen) atoms. The quantitative estimate of drug-likeness (QED) is 0.264. The number of carboxylic acids is 1. The van der Waals surface area contributed by atoms with E-state index in [2.05, 4.69) is 31.4 Å². The van der Waals surface area contributed by atoms with Gasteiger partial charge in [0.2, 0.25) is 5.91 Å². The number of aliphatic hydroxyl groups is 2. The standard InChI is InChI=1S/C25H42N2O5/c1-5-19(20-10-7-6-8-11-20)16-22(29)18(2)27-24(32)21(17-23(30)31)26-14-13-25(3,4)12-9-15-28/h6-8,10-11,18-19,21-22,26,28-29H,5,9,12-17H2,1-4H3,(H,27,32)(H,30,31)/t18?,19?,21-,22?/m0/s1. The summed E-state index contributed by atoms with van der Waals surface area (Å²) in [6.07, 6.45) is 2.63. The molecular formula is C25H42N2O5. The topological polar surface area (TPSA) is 119 Å². The molecule has 0 radical (unpaired) electrons. The summed E-state index contributed by atoms with van der Waals surface area (Å²) in [7, 11) is 0. The molecule has 5 N–H and O–H groups in total. The summed E-state index contributed by atoms with van der Waals surface area (Å²) >= 11 is 0. The van der Waals surface area contributed by atoms with Gasteiger partial charge in [-0.15, -0.1) is 0 Å². The molecule has 1 aromatic rings. The van der Waals surface area contributed by atoms with Crippen LogP contribution >= 0.6 is 0 Å². The summed E-state index contributed by atoms with van der Waals surface area (Å²) in [4.78, 5) is 24.0. The highest BCUT2D eigenvalue weighted by Gasteiger charge is 2.27. The van der Waals surface area contributed by atoms with Gasteiger partial charge in [-0.25, -0.2) is 0 Å². The number of aliphatic hydroxyl groups excluding tert-OH is 2. The number of amides is 1. The second-order valence-electron chi connectivity index (χ2n) is 9.46. The molecule has 0 heterocycles. The molecule has 0 saturated heterocycles. The maximum atomic E-state index is 12.8. The van der Waals surface area contributed by atoms with Crippen molar-refractivity contribution in [3.63, 3.8) is 0 Å². The number of aliphatic carboxylic acids is 1. The van der Waals surface area contributed by atoms with Crippen LogP contribution in [0.5, 0.6) is 0 Å². The van der Waals surface area contributed by atoms with Gasteiger partial charge in [0, 0.05) is 6.61 Å². The predicted octanol–water partition coefficient (Wildman–Crippen LogP) is 3.06. The van der Waals surface area contributed by atoms with E-state index in [1.165, 1.54) is 0 Å². The van der Waals surface area contributed by atoms with Crippen LogP contribution in [0.25, 0.3) is 0 Å². The molecule has 0 bridgehead atoms. The van der Waals surface area contributed by atoms with Crippen LogP contribution < -0.4 is 10.6 Å². The molecule has 0 saturated carbocycles. The number of rotatable bonds is 16. The van der Waals surface area contributed by atoms with Gasteiger partial charge < -0.3 is 26.0 Å². The molecule has 0 fully saturated rings. The summed E-state index contributed by atoms with van der Waals surface area (Å²) in [5.74, 6) is -1.29. The van der Waals surface area contributed by atoms with Crippen molar-refractivity contribution in [1.29, 1.82) is 0 Å². The Bertz CT molecular complexity index is 680. The zero-order valence-electron chi connectivity index (χ0n) is 20.0. The lowest BCUT2D eigenvalue weighted by molar-refractivity contribution is -0.140. The van der Waals surface area contributed by atoms with Gasteiger partial charge in [0.05, 0.1) is 24.6 Å². The Hall–Kier alpha value is -1.96. The summed E-state index contributed by atoms with van der Waals surface area (Å²) < 4.78 is 0. The maximum absolute atomic E-state index is 12.8. The van der Waals surface area contributed by atoms with E-state index >= 15 is 0 Å². The van der Waals surface area contributed by atoms with Crippen molar-refractivity contribution in [1.82, 2.24) is 10.6 Å². The van der Waals surface area contributed by atoms with Crippen LogP contribution in [-0.4, -0.2) is 58.5 Å². The molecule has 1 aromatic carbocycles. The van der Waals surface area contributed by atoms with Crippen LogP contribution in [0, 0.1) is 5.41 Å². The first-order valence-electron chi connectivity index (χ1n) is 11.7. The van der Waals surface area contributed by atoms with E-state index in [-0.39, 0.29) is 24.4 Å². The number of carbonyl (C=O) groups is 2. The summed E-state index contributed by atoms with van der Waals surface area (Å²) in [6.45, 7) is 8.63. The van der Waals surface area contributed by atoms with Crippen molar-refractivity contribution < 1.29 is 24.9 Å². The van der Waals surface area contributed by atoms with Crippen LogP contribution in [0.1, 0.15) is 77.7 Å². The minimum absolute atomic E-state index is 0.0178. The van der Waals surface area contributed by atoms with E-state index < -0.39 is 30.1 Å². The van der Waals surface area contributed by atoms with E-state index in [4.69, 9.17) is 5.11 Å². The smallest absolute Gasteiger partial charge is 0.305 e. The van der Waals surface area contributed by atoms with E-state index in [0.29, 0.717) is 19.4 Å². The van der Waals surface area contributed by atoms with Crippen LogP contribution in [0.2, 0.25) is 0 Å². The molecular weight excluding hydrogens is 408 g/mol. The second kappa shape index (κ2) is 14.2. The van der Waals surface area contributed by atoms with Gasteiger partial charge in [0.1, 0.15) is 0 Å². The van der Waals surface area contributed by atoms with Crippen molar-refractivity contribution in [2.45, 2.75) is 90.3 Å². The zero-order valence-corrected chi connectivity index (χ0v) is 20.0. The molecule has 1 rings (SSSR count). The van der Waals surface area contributed by atoms with Crippen molar-refractivity contribution >= 4 is 11.9 Å². The van der Waals surface area contributed by atoms with Crippen LogP contribution in [0.15, 0.2) is 30.3 Å². The SMILES string of the molecule is CCC(CC(O)C(C)NC(=O)[C@H](CC(=O)O)NCCC(C)(C)CCCO)c1ccccc1. The lowest BCUT2D eigenvalue weighted by Gasteiger charge is -2.28. The highest BCUT2D eigenvalue weighted by molar-refractivity contribution is 5.86. The molecule has 7 heteroatoms. The largest absolute Gasteiger partial charge is 0.481 e. The van der Waals surface area contributed by atoms with E-state index in [9.17, 15) is 19.8 Å². The van der Waals surface area contributed by atoms with Gasteiger partial charge in [-0.3, -0.25) is 9.59 Å². The first kappa shape index (κ1) is 28.1. The molecule has 3 unspecified atom stereocenters. The van der Waals surface area contributed by atoms with Gasteiger partial charge in [0.25, 0.3) is 0 Å². The second-order valence-corrected chi connectivity index (χ2v) is 9.46. The average Bonchev–Trinajstić information content (AvgIpc) is 2.75. The molecule has 0 aromatic heterocycles. The van der Waals surface area contributed by atoms with Gasteiger partial charge in [-0.1, -0.05) is 51.1 Å². The highest BCUT2D eigenvalue weighted by atomic mass is 16.4. The lowest BCUT2D eigenvalue weighted by Crippen LogP contribution is -2.51. The Kier molecular flexibility index (Phi) is 12.5. The van der Waals surface area contributed by atoms with Crippen LogP contribution in [-0.2, 0) is 9.59 Å². The molecule has 1 amide bonds. The maximum Gasteiger partial charge on any atom is 0.305 e. The van der Waals surface area contributed by atoms with Gasteiger partial charge in [-0.05, 0) is 62.5 Å². The fourth-order valence-electron chi connectivity index (χ4n) is 3.88. The molecule has 0 aliphatic heterocycles. The highest BCUT2D eigenvalue weighted by Crippen LogP contribution is 2.26. The number of carboxylic acid groups (broad SMARTS) is 1. The lowest BCUT2D eigenvalue weighted by atomic mass is 9.84.